The molecular weight excluding hydrogens is 326 g/mol. The molecule has 3 unspecified atom stereocenters. The van der Waals surface area contributed by atoms with Crippen molar-refractivity contribution in [1.82, 2.24) is 4.72 Å². The largest absolute Gasteiger partial charge is 0.486 e. The number of ether oxygens (including phenoxy) is 2. The minimum Gasteiger partial charge on any atom is -0.486 e. The van der Waals surface area contributed by atoms with Crippen molar-refractivity contribution in [3.8, 4) is 11.5 Å². The summed E-state index contributed by atoms with van der Waals surface area (Å²) in [6.45, 7) is 1.85. The van der Waals surface area contributed by atoms with Gasteiger partial charge in [0, 0.05) is 11.3 Å². The number of aliphatic hydroxyl groups is 1. The molecule has 1 aromatic rings. The molecule has 2 rings (SSSR count). The van der Waals surface area contributed by atoms with Gasteiger partial charge in [0.25, 0.3) is 0 Å². The van der Waals surface area contributed by atoms with E-state index in [4.69, 9.17) is 9.47 Å². The second-order valence-electron chi connectivity index (χ2n) is 5.14. The van der Waals surface area contributed by atoms with Gasteiger partial charge in [0.1, 0.15) is 18.5 Å². The van der Waals surface area contributed by atoms with Crippen LogP contribution in [0.4, 0.5) is 0 Å². The zero-order valence-corrected chi connectivity index (χ0v) is 14.2. The summed E-state index contributed by atoms with van der Waals surface area (Å²) in [6, 6.07) is 6.82. The summed E-state index contributed by atoms with van der Waals surface area (Å²) in [4.78, 5) is 0. The number of hydrogen-bond donors (Lipinski definition) is 2. The van der Waals surface area contributed by atoms with Gasteiger partial charge in [0.15, 0.2) is 11.5 Å². The Labute approximate surface area is 135 Å². The van der Waals surface area contributed by atoms with Gasteiger partial charge in [-0.25, -0.2) is 13.1 Å². The highest BCUT2D eigenvalue weighted by atomic mass is 32.2. The first-order valence-corrected chi connectivity index (χ1v) is 9.91. The lowest BCUT2D eigenvalue weighted by molar-refractivity contribution is 0.106. The van der Waals surface area contributed by atoms with E-state index in [-0.39, 0.29) is 30.3 Å². The molecule has 1 heterocycles. The second kappa shape index (κ2) is 7.54. The third-order valence-electron chi connectivity index (χ3n) is 3.38. The Balaban J connectivity index is 1.95. The van der Waals surface area contributed by atoms with E-state index >= 15 is 0 Å². The molecule has 1 aliphatic rings. The number of sulfonamides is 1. The number of para-hydroxylation sites is 2. The second-order valence-corrected chi connectivity index (χ2v) is 8.02. The fourth-order valence-electron chi connectivity index (χ4n) is 2.23. The van der Waals surface area contributed by atoms with Crippen LogP contribution in [0.25, 0.3) is 0 Å². The van der Waals surface area contributed by atoms with Gasteiger partial charge in [-0.3, -0.25) is 0 Å². The topological polar surface area (TPSA) is 84.9 Å². The number of nitrogens with one attached hydrogen (secondary N) is 1. The molecule has 8 heteroatoms. The zero-order chi connectivity index (χ0) is 16.2. The summed E-state index contributed by atoms with van der Waals surface area (Å²) >= 11 is 1.42. The zero-order valence-electron chi connectivity index (χ0n) is 12.6. The highest BCUT2D eigenvalue weighted by molar-refractivity contribution is 7.99. The van der Waals surface area contributed by atoms with Gasteiger partial charge in [-0.15, -0.1) is 0 Å². The fourth-order valence-corrected chi connectivity index (χ4v) is 4.43. The van der Waals surface area contributed by atoms with Crippen LogP contribution in [-0.2, 0) is 10.0 Å². The van der Waals surface area contributed by atoms with Crippen molar-refractivity contribution < 1.29 is 23.0 Å². The van der Waals surface area contributed by atoms with Crippen molar-refractivity contribution in [2.45, 2.75) is 24.3 Å². The Morgan fingerprint density at radius 1 is 1.41 bits per heavy atom. The number of thioether (sulfide) groups is 1. The lowest BCUT2D eigenvalue weighted by Gasteiger charge is -2.27. The van der Waals surface area contributed by atoms with Crippen LogP contribution in [0.5, 0.6) is 11.5 Å². The SMILES string of the molecule is CSC(CO)C(C)NS(=O)(=O)CC1COc2ccccc2O1. The molecule has 0 amide bonds. The van der Waals surface area contributed by atoms with Crippen LogP contribution < -0.4 is 14.2 Å². The molecule has 0 aliphatic carbocycles. The Morgan fingerprint density at radius 2 is 2.09 bits per heavy atom. The minimum absolute atomic E-state index is 0.0821. The van der Waals surface area contributed by atoms with Crippen LogP contribution >= 0.6 is 11.8 Å². The van der Waals surface area contributed by atoms with Crippen LogP contribution in [-0.4, -0.2) is 56.1 Å². The Hall–Kier alpha value is -0.960. The van der Waals surface area contributed by atoms with E-state index in [9.17, 15) is 13.5 Å². The first-order valence-electron chi connectivity index (χ1n) is 6.97. The van der Waals surface area contributed by atoms with Gasteiger partial charge in [-0.2, -0.15) is 11.8 Å². The maximum Gasteiger partial charge on any atom is 0.215 e. The van der Waals surface area contributed by atoms with Gasteiger partial charge in [-0.05, 0) is 25.3 Å². The highest BCUT2D eigenvalue weighted by Crippen LogP contribution is 2.31. The molecule has 22 heavy (non-hydrogen) atoms. The maximum atomic E-state index is 12.2. The summed E-state index contributed by atoms with van der Waals surface area (Å²) < 4.78 is 38.2. The third kappa shape index (κ3) is 4.52. The molecule has 0 aromatic heterocycles. The quantitative estimate of drug-likeness (QED) is 0.761. The van der Waals surface area contributed by atoms with Crippen LogP contribution in [0, 0.1) is 0 Å². The molecule has 1 aliphatic heterocycles. The van der Waals surface area contributed by atoms with Crippen LogP contribution in [0.2, 0.25) is 0 Å². The van der Waals surface area contributed by atoms with E-state index in [0.717, 1.165) is 0 Å². The average Bonchev–Trinajstić information content (AvgIpc) is 2.47. The molecule has 0 fully saturated rings. The summed E-state index contributed by atoms with van der Waals surface area (Å²) in [7, 11) is -3.53. The summed E-state index contributed by atoms with van der Waals surface area (Å²) in [5.74, 6) is 0.998. The monoisotopic (exact) mass is 347 g/mol. The molecule has 0 saturated carbocycles. The van der Waals surface area contributed by atoms with Crippen molar-refractivity contribution in [3.63, 3.8) is 0 Å². The van der Waals surface area contributed by atoms with Crippen molar-refractivity contribution in [2.75, 3.05) is 25.2 Å². The van der Waals surface area contributed by atoms with Crippen molar-refractivity contribution >= 4 is 21.8 Å². The van der Waals surface area contributed by atoms with E-state index in [0.29, 0.717) is 11.5 Å². The maximum absolute atomic E-state index is 12.2. The van der Waals surface area contributed by atoms with Crippen LogP contribution in [0.15, 0.2) is 24.3 Å². The van der Waals surface area contributed by atoms with E-state index in [1.54, 1.807) is 19.1 Å². The number of fused-ring (bicyclic) bond motifs is 1. The molecule has 124 valence electrons. The van der Waals surface area contributed by atoms with E-state index in [1.165, 1.54) is 11.8 Å². The summed E-state index contributed by atoms with van der Waals surface area (Å²) in [6.07, 6.45) is 1.28. The van der Waals surface area contributed by atoms with Gasteiger partial charge in [0.05, 0.1) is 6.61 Å². The fraction of sp³-hybridized carbons (Fsp3) is 0.571. The number of rotatable bonds is 7. The Kier molecular flexibility index (Phi) is 5.96. The number of benzene rings is 1. The molecule has 0 saturated heterocycles. The van der Waals surface area contributed by atoms with E-state index in [2.05, 4.69) is 4.72 Å². The molecule has 0 bridgehead atoms. The molecule has 0 radical (unpaired) electrons. The lowest BCUT2D eigenvalue weighted by atomic mass is 10.3. The first kappa shape index (κ1) is 17.4. The molecule has 2 N–H and O–H groups in total. The molecule has 1 aromatic carbocycles. The summed E-state index contributed by atoms with van der Waals surface area (Å²) in [5, 5.41) is 9.04. The third-order valence-corrected chi connectivity index (χ3v) is 6.08. The average molecular weight is 347 g/mol. The normalized spacial score (nSPS) is 20.4. The Morgan fingerprint density at radius 3 is 2.73 bits per heavy atom. The predicted molar refractivity (Wildman–Crippen MR) is 87.1 cm³/mol. The first-order chi connectivity index (χ1) is 10.4. The van der Waals surface area contributed by atoms with Crippen molar-refractivity contribution in [1.29, 1.82) is 0 Å². The lowest BCUT2D eigenvalue weighted by Crippen LogP contribution is -2.46. The van der Waals surface area contributed by atoms with Crippen LogP contribution in [0.3, 0.4) is 0 Å². The standard InChI is InChI=1S/C14H21NO5S2/c1-10(14(7-16)21-2)15-22(17,18)9-11-8-19-12-5-3-4-6-13(12)20-11/h3-6,10-11,14-16H,7-9H2,1-2H3. The molecule has 0 spiro atoms. The van der Waals surface area contributed by atoms with Gasteiger partial charge < -0.3 is 14.6 Å². The Bertz CT molecular complexity index is 589. The molecular formula is C14H21NO5S2. The van der Waals surface area contributed by atoms with Gasteiger partial charge in [0.2, 0.25) is 10.0 Å². The number of hydrogen-bond acceptors (Lipinski definition) is 6. The predicted octanol–water partition coefficient (Wildman–Crippen LogP) is 0.858. The van der Waals surface area contributed by atoms with E-state index in [1.807, 2.05) is 18.4 Å². The van der Waals surface area contributed by atoms with Crippen molar-refractivity contribution in [3.05, 3.63) is 24.3 Å². The highest BCUT2D eigenvalue weighted by Gasteiger charge is 2.28. The number of aliphatic hydroxyl groups excluding tert-OH is 1. The van der Waals surface area contributed by atoms with Crippen molar-refractivity contribution in [2.24, 2.45) is 0 Å². The van der Waals surface area contributed by atoms with Gasteiger partial charge in [-0.1, -0.05) is 12.1 Å². The minimum atomic E-state index is -3.53. The van der Waals surface area contributed by atoms with Gasteiger partial charge >= 0.3 is 0 Å². The smallest absolute Gasteiger partial charge is 0.215 e. The van der Waals surface area contributed by atoms with Crippen LogP contribution in [0.1, 0.15) is 6.92 Å². The molecule has 6 nitrogen and oxygen atoms in total. The van der Waals surface area contributed by atoms with E-state index < -0.39 is 16.1 Å². The summed E-state index contributed by atoms with van der Waals surface area (Å²) in [5.41, 5.74) is 0. The molecule has 3 atom stereocenters.